The maximum absolute atomic E-state index is 11.0. The number of nitrogens with zero attached hydrogens (tertiary/aromatic N) is 2. The number of rotatable bonds is 6. The van der Waals surface area contributed by atoms with Gasteiger partial charge in [0.1, 0.15) is 0 Å². The first-order valence-corrected chi connectivity index (χ1v) is 5.15. The van der Waals surface area contributed by atoms with Gasteiger partial charge in [-0.25, -0.2) is 9.78 Å². The zero-order valence-electron chi connectivity index (χ0n) is 9.64. The maximum Gasteiger partial charge on any atom is 0.333 e. The Hall–Kier alpha value is -1.62. The molecule has 5 nitrogen and oxygen atoms in total. The molecule has 0 aliphatic rings. The number of methoxy groups -OCH3 is 1. The predicted octanol–water partition coefficient (Wildman–Crippen LogP) is 0.592. The molecule has 1 N–H and O–H groups in total. The minimum absolute atomic E-state index is 0.281. The first-order valence-electron chi connectivity index (χ1n) is 5.15. The van der Waals surface area contributed by atoms with E-state index in [-0.39, 0.29) is 5.97 Å². The zero-order chi connectivity index (χ0) is 11.8. The first kappa shape index (κ1) is 12.4. The van der Waals surface area contributed by atoms with E-state index < -0.39 is 0 Å². The molecule has 1 heterocycles. The van der Waals surface area contributed by atoms with Crippen LogP contribution in [0.4, 0.5) is 0 Å². The molecule has 0 aliphatic heterocycles. The molecule has 0 aromatic carbocycles. The fourth-order valence-electron chi connectivity index (χ4n) is 1.20. The number of nitrogens with one attached hydrogen (secondary N) is 1. The van der Waals surface area contributed by atoms with Crippen LogP contribution in [0.3, 0.4) is 0 Å². The van der Waals surface area contributed by atoms with Gasteiger partial charge in [0.15, 0.2) is 0 Å². The summed E-state index contributed by atoms with van der Waals surface area (Å²) in [6.45, 7) is 4.10. The van der Waals surface area contributed by atoms with Gasteiger partial charge >= 0.3 is 5.97 Å². The van der Waals surface area contributed by atoms with E-state index in [0.29, 0.717) is 12.1 Å². The van der Waals surface area contributed by atoms with Crippen molar-refractivity contribution in [3.8, 4) is 0 Å². The molecule has 0 spiro atoms. The number of imidazole rings is 1. The zero-order valence-corrected chi connectivity index (χ0v) is 9.64. The van der Waals surface area contributed by atoms with Gasteiger partial charge < -0.3 is 14.6 Å². The van der Waals surface area contributed by atoms with Crippen molar-refractivity contribution in [1.82, 2.24) is 14.9 Å². The molecule has 0 saturated carbocycles. The monoisotopic (exact) mass is 223 g/mol. The molecular weight excluding hydrogens is 206 g/mol. The molecule has 1 aromatic heterocycles. The highest BCUT2D eigenvalue weighted by atomic mass is 16.5. The largest absolute Gasteiger partial charge is 0.466 e. The lowest BCUT2D eigenvalue weighted by Gasteiger charge is -2.03. The minimum Gasteiger partial charge on any atom is -0.466 e. The fourth-order valence-corrected chi connectivity index (χ4v) is 1.20. The average Bonchev–Trinajstić information content (AvgIpc) is 2.80. The molecule has 1 aromatic rings. The van der Waals surface area contributed by atoms with E-state index in [4.69, 9.17) is 0 Å². The standard InChI is InChI=1S/C11H17N3O2/c1-10(11(15)16-2)3-4-12-5-7-14-8-6-13-9-14/h3,6,8-9,12H,4-5,7H2,1-2H3/b10-3+. The summed E-state index contributed by atoms with van der Waals surface area (Å²) < 4.78 is 6.57. The summed E-state index contributed by atoms with van der Waals surface area (Å²) in [6.07, 6.45) is 7.26. The lowest BCUT2D eigenvalue weighted by atomic mass is 10.3. The number of aromatic nitrogens is 2. The van der Waals surface area contributed by atoms with Gasteiger partial charge in [-0.15, -0.1) is 0 Å². The van der Waals surface area contributed by atoms with Crippen LogP contribution in [0.1, 0.15) is 6.92 Å². The van der Waals surface area contributed by atoms with Crippen molar-refractivity contribution in [2.75, 3.05) is 20.2 Å². The Morgan fingerprint density at radius 3 is 3.06 bits per heavy atom. The van der Waals surface area contributed by atoms with Crippen LogP contribution in [-0.4, -0.2) is 35.7 Å². The molecule has 0 saturated heterocycles. The molecule has 5 heteroatoms. The Kier molecular flexibility index (Phi) is 5.28. The summed E-state index contributed by atoms with van der Waals surface area (Å²) in [6, 6.07) is 0. The van der Waals surface area contributed by atoms with E-state index in [1.54, 1.807) is 19.4 Å². The average molecular weight is 223 g/mol. The summed E-state index contributed by atoms with van der Waals surface area (Å²) in [7, 11) is 1.38. The second-order valence-corrected chi connectivity index (χ2v) is 3.38. The van der Waals surface area contributed by atoms with Gasteiger partial charge in [0, 0.05) is 37.6 Å². The van der Waals surface area contributed by atoms with E-state index in [0.717, 1.165) is 13.1 Å². The molecule has 16 heavy (non-hydrogen) atoms. The van der Waals surface area contributed by atoms with Crippen LogP contribution in [0.25, 0.3) is 0 Å². The molecule has 0 bridgehead atoms. The van der Waals surface area contributed by atoms with Crippen LogP contribution in [0.15, 0.2) is 30.4 Å². The maximum atomic E-state index is 11.0. The molecule has 1 rings (SSSR count). The lowest BCUT2D eigenvalue weighted by molar-refractivity contribution is -0.136. The highest BCUT2D eigenvalue weighted by molar-refractivity contribution is 5.87. The predicted molar refractivity (Wildman–Crippen MR) is 60.9 cm³/mol. The normalized spacial score (nSPS) is 11.5. The van der Waals surface area contributed by atoms with Gasteiger partial charge in [-0.2, -0.15) is 0 Å². The van der Waals surface area contributed by atoms with Gasteiger partial charge in [-0.1, -0.05) is 6.08 Å². The van der Waals surface area contributed by atoms with Crippen LogP contribution in [0, 0.1) is 0 Å². The van der Waals surface area contributed by atoms with Crippen molar-refractivity contribution in [2.45, 2.75) is 13.5 Å². The number of esters is 1. The third-order valence-corrected chi connectivity index (χ3v) is 2.17. The molecule has 0 radical (unpaired) electrons. The molecule has 0 amide bonds. The molecule has 0 unspecified atom stereocenters. The van der Waals surface area contributed by atoms with E-state index >= 15 is 0 Å². The van der Waals surface area contributed by atoms with E-state index in [1.807, 2.05) is 16.8 Å². The Balaban J connectivity index is 2.14. The van der Waals surface area contributed by atoms with E-state index in [1.165, 1.54) is 7.11 Å². The van der Waals surface area contributed by atoms with Crippen LogP contribution >= 0.6 is 0 Å². The molecule has 0 fully saturated rings. The van der Waals surface area contributed by atoms with Crippen LogP contribution in [0.5, 0.6) is 0 Å². The summed E-state index contributed by atoms with van der Waals surface area (Å²) in [5, 5.41) is 3.20. The number of hydrogen-bond donors (Lipinski definition) is 1. The minimum atomic E-state index is -0.281. The van der Waals surface area contributed by atoms with Crippen molar-refractivity contribution in [1.29, 1.82) is 0 Å². The smallest absolute Gasteiger partial charge is 0.333 e. The van der Waals surface area contributed by atoms with Crippen molar-refractivity contribution < 1.29 is 9.53 Å². The Bertz CT molecular complexity index is 344. The fraction of sp³-hybridized carbons (Fsp3) is 0.455. The lowest BCUT2D eigenvalue weighted by Crippen LogP contribution is -2.20. The summed E-state index contributed by atoms with van der Waals surface area (Å²) in [4.78, 5) is 15.0. The quantitative estimate of drug-likeness (QED) is 0.436. The Labute approximate surface area is 95.1 Å². The molecule has 0 atom stereocenters. The van der Waals surface area contributed by atoms with Gasteiger partial charge in [0.2, 0.25) is 0 Å². The number of hydrogen-bond acceptors (Lipinski definition) is 4. The van der Waals surface area contributed by atoms with Crippen LogP contribution < -0.4 is 5.32 Å². The first-order chi connectivity index (χ1) is 7.74. The number of ether oxygens (including phenoxy) is 1. The van der Waals surface area contributed by atoms with E-state index in [9.17, 15) is 4.79 Å². The molecule has 88 valence electrons. The number of carbonyl (C=O) groups excluding carboxylic acids is 1. The van der Waals surface area contributed by atoms with Crippen molar-refractivity contribution in [3.63, 3.8) is 0 Å². The van der Waals surface area contributed by atoms with E-state index in [2.05, 4.69) is 15.0 Å². The summed E-state index contributed by atoms with van der Waals surface area (Å²) >= 11 is 0. The van der Waals surface area contributed by atoms with Crippen molar-refractivity contribution >= 4 is 5.97 Å². The summed E-state index contributed by atoms with van der Waals surface area (Å²) in [5.74, 6) is -0.281. The van der Waals surface area contributed by atoms with Gasteiger partial charge in [-0.05, 0) is 6.92 Å². The highest BCUT2D eigenvalue weighted by Gasteiger charge is 2.00. The van der Waals surface area contributed by atoms with Gasteiger partial charge in [0.05, 0.1) is 13.4 Å². The Morgan fingerprint density at radius 2 is 2.44 bits per heavy atom. The SMILES string of the molecule is COC(=O)/C(C)=C/CNCCn1ccnc1. The van der Waals surface area contributed by atoms with Crippen LogP contribution in [-0.2, 0) is 16.1 Å². The number of carbonyl (C=O) groups is 1. The second kappa shape index (κ2) is 6.79. The van der Waals surface area contributed by atoms with Gasteiger partial charge in [-0.3, -0.25) is 0 Å². The topological polar surface area (TPSA) is 56.1 Å². The van der Waals surface area contributed by atoms with Gasteiger partial charge in [0.25, 0.3) is 0 Å². The second-order valence-electron chi connectivity index (χ2n) is 3.38. The third kappa shape index (κ3) is 4.27. The van der Waals surface area contributed by atoms with Crippen LogP contribution in [0.2, 0.25) is 0 Å². The molecular formula is C11H17N3O2. The summed E-state index contributed by atoms with van der Waals surface area (Å²) in [5.41, 5.74) is 0.623. The van der Waals surface area contributed by atoms with Crippen molar-refractivity contribution in [3.05, 3.63) is 30.4 Å². The van der Waals surface area contributed by atoms with Crippen molar-refractivity contribution in [2.24, 2.45) is 0 Å². The Morgan fingerprint density at radius 1 is 1.62 bits per heavy atom. The highest BCUT2D eigenvalue weighted by Crippen LogP contribution is 1.93. The third-order valence-electron chi connectivity index (χ3n) is 2.17. The molecule has 0 aliphatic carbocycles.